The van der Waals surface area contributed by atoms with Crippen molar-refractivity contribution in [2.75, 3.05) is 26.3 Å². The minimum atomic E-state index is -0.906. The van der Waals surface area contributed by atoms with Crippen molar-refractivity contribution in [2.45, 2.75) is 45.3 Å². The molecule has 2 aromatic carbocycles. The van der Waals surface area contributed by atoms with Gasteiger partial charge in [-0.1, -0.05) is 55.5 Å². The summed E-state index contributed by atoms with van der Waals surface area (Å²) in [6.07, 6.45) is 3.74. The molecular weight excluding hydrogens is 378 g/mol. The maximum Gasteiger partial charge on any atom is 0.348 e. The summed E-state index contributed by atoms with van der Waals surface area (Å²) < 4.78 is 11.7. The largest absolute Gasteiger partial charge is 0.493 e. The zero-order chi connectivity index (χ0) is 21.2. The van der Waals surface area contributed by atoms with E-state index in [0.29, 0.717) is 25.6 Å². The predicted octanol–water partition coefficient (Wildman–Crippen LogP) is 4.40. The van der Waals surface area contributed by atoms with E-state index in [9.17, 15) is 9.90 Å². The van der Waals surface area contributed by atoms with Crippen LogP contribution < -0.4 is 4.74 Å². The number of carbonyl (C=O) groups is 1. The van der Waals surface area contributed by atoms with Gasteiger partial charge in [-0.05, 0) is 48.8 Å². The highest BCUT2D eigenvalue weighted by atomic mass is 16.5. The molecule has 1 saturated heterocycles. The van der Waals surface area contributed by atoms with E-state index in [-0.39, 0.29) is 0 Å². The number of aryl methyl sites for hydroxylation is 2. The van der Waals surface area contributed by atoms with Gasteiger partial charge in [0.1, 0.15) is 5.75 Å². The lowest BCUT2D eigenvalue weighted by Crippen LogP contribution is -2.47. The van der Waals surface area contributed by atoms with Crippen molar-refractivity contribution in [1.29, 1.82) is 0 Å². The fourth-order valence-corrected chi connectivity index (χ4v) is 3.81. The molecule has 5 nitrogen and oxygen atoms in total. The Morgan fingerprint density at radius 3 is 2.47 bits per heavy atom. The van der Waals surface area contributed by atoms with Gasteiger partial charge in [-0.15, -0.1) is 0 Å². The van der Waals surface area contributed by atoms with Gasteiger partial charge in [-0.2, -0.15) is 0 Å². The zero-order valence-electron chi connectivity index (χ0n) is 17.8. The second-order valence-corrected chi connectivity index (χ2v) is 8.08. The molecule has 3 rings (SSSR count). The van der Waals surface area contributed by atoms with Crippen LogP contribution in [0.1, 0.15) is 37.3 Å². The summed E-state index contributed by atoms with van der Waals surface area (Å²) in [5, 5.41) is 9.52. The highest BCUT2D eigenvalue weighted by Crippen LogP contribution is 2.21. The lowest BCUT2D eigenvalue weighted by Gasteiger charge is -2.34. The van der Waals surface area contributed by atoms with Crippen molar-refractivity contribution in [3.63, 3.8) is 0 Å². The lowest BCUT2D eigenvalue weighted by atomic mass is 9.99. The molecule has 0 aliphatic carbocycles. The fourth-order valence-electron chi connectivity index (χ4n) is 3.81. The van der Waals surface area contributed by atoms with Crippen LogP contribution in [0.4, 0.5) is 0 Å². The molecule has 0 bridgehead atoms. The van der Waals surface area contributed by atoms with Gasteiger partial charge in [0, 0.05) is 19.5 Å². The summed E-state index contributed by atoms with van der Waals surface area (Å²) in [6, 6.07) is 18.6. The van der Waals surface area contributed by atoms with Gasteiger partial charge >= 0.3 is 5.97 Å². The molecule has 5 heteroatoms. The van der Waals surface area contributed by atoms with Crippen molar-refractivity contribution >= 4 is 5.97 Å². The van der Waals surface area contributed by atoms with E-state index in [1.807, 2.05) is 29.2 Å². The predicted molar refractivity (Wildman–Crippen MR) is 118 cm³/mol. The minimum Gasteiger partial charge on any atom is -0.493 e. The van der Waals surface area contributed by atoms with Crippen LogP contribution in [0.25, 0.3) is 0 Å². The number of aliphatic carboxylic acids is 1. The molecule has 1 atom stereocenters. The van der Waals surface area contributed by atoms with Crippen LogP contribution in [0.5, 0.6) is 5.75 Å². The van der Waals surface area contributed by atoms with Gasteiger partial charge < -0.3 is 14.6 Å². The Kier molecular flexibility index (Phi) is 8.72. The molecule has 0 radical (unpaired) electrons. The van der Waals surface area contributed by atoms with Crippen LogP contribution in [-0.2, 0) is 22.4 Å². The Morgan fingerprint density at radius 2 is 1.73 bits per heavy atom. The first-order valence-electron chi connectivity index (χ1n) is 11.0. The van der Waals surface area contributed by atoms with Crippen molar-refractivity contribution in [3.05, 3.63) is 65.7 Å². The molecule has 0 spiro atoms. The first-order valence-corrected chi connectivity index (χ1v) is 11.0. The van der Waals surface area contributed by atoms with Gasteiger partial charge in [-0.25, -0.2) is 4.79 Å². The van der Waals surface area contributed by atoms with Crippen LogP contribution in [0.3, 0.4) is 0 Å². The molecule has 1 aliphatic heterocycles. The summed E-state index contributed by atoms with van der Waals surface area (Å²) in [5.74, 6) is 0.649. The second-order valence-electron chi connectivity index (χ2n) is 8.08. The Balaban J connectivity index is 1.42. The number of hydrogen-bond donors (Lipinski definition) is 1. The monoisotopic (exact) mass is 411 g/mol. The van der Waals surface area contributed by atoms with E-state index >= 15 is 0 Å². The Hall–Kier alpha value is -2.37. The number of rotatable bonds is 11. The van der Waals surface area contributed by atoms with Crippen LogP contribution in [0.15, 0.2) is 54.6 Å². The van der Waals surface area contributed by atoms with E-state index in [4.69, 9.17) is 9.47 Å². The molecule has 162 valence electrons. The molecular formula is C25H33NO4. The molecule has 1 aliphatic rings. The third-order valence-corrected chi connectivity index (χ3v) is 5.68. The maximum atomic E-state index is 11.6. The first kappa shape index (κ1) is 22.3. The number of hydrogen-bond acceptors (Lipinski definition) is 4. The number of piperidine rings is 1. The molecule has 1 N–H and O–H groups in total. The number of benzene rings is 2. The number of nitrogens with zero attached hydrogens (tertiary/aromatic N) is 1. The standard InChI is InChI=1S/C25H33NO4/c1-20-14-16-26(17-15-20)24(25(27)28)30-19-7-18-29-23-11-6-5-10-22(23)13-12-21-8-3-2-4-9-21/h2-6,8-11,20,24H,7,12-19H2,1H3,(H,27,28). The van der Waals surface area contributed by atoms with E-state index in [2.05, 4.69) is 37.3 Å². The average Bonchev–Trinajstić information content (AvgIpc) is 2.77. The summed E-state index contributed by atoms with van der Waals surface area (Å²) in [4.78, 5) is 13.5. The van der Waals surface area contributed by atoms with Crippen LogP contribution in [-0.4, -0.2) is 48.5 Å². The number of carboxylic acids is 1. The second kappa shape index (κ2) is 11.7. The highest BCUT2D eigenvalue weighted by molar-refractivity contribution is 5.71. The van der Waals surface area contributed by atoms with Crippen molar-refractivity contribution in [1.82, 2.24) is 4.90 Å². The van der Waals surface area contributed by atoms with Gasteiger partial charge in [0.15, 0.2) is 0 Å². The van der Waals surface area contributed by atoms with Crippen LogP contribution >= 0.6 is 0 Å². The molecule has 1 heterocycles. The third-order valence-electron chi connectivity index (χ3n) is 5.68. The molecule has 0 amide bonds. The van der Waals surface area contributed by atoms with Gasteiger partial charge in [-0.3, -0.25) is 4.90 Å². The Labute approximate surface area is 179 Å². The molecule has 1 unspecified atom stereocenters. The van der Waals surface area contributed by atoms with Gasteiger partial charge in [0.2, 0.25) is 6.23 Å². The van der Waals surface area contributed by atoms with Crippen LogP contribution in [0, 0.1) is 5.92 Å². The molecule has 2 aromatic rings. The highest BCUT2D eigenvalue weighted by Gasteiger charge is 2.29. The Bertz CT molecular complexity index is 772. The molecule has 1 fully saturated rings. The average molecular weight is 412 g/mol. The van der Waals surface area contributed by atoms with E-state index in [1.54, 1.807) is 0 Å². The zero-order valence-corrected chi connectivity index (χ0v) is 17.8. The summed E-state index contributed by atoms with van der Waals surface area (Å²) >= 11 is 0. The molecule has 30 heavy (non-hydrogen) atoms. The van der Waals surface area contributed by atoms with E-state index in [1.165, 1.54) is 11.1 Å². The van der Waals surface area contributed by atoms with E-state index < -0.39 is 12.2 Å². The van der Waals surface area contributed by atoms with E-state index in [0.717, 1.165) is 44.5 Å². The van der Waals surface area contributed by atoms with Gasteiger partial charge in [0.25, 0.3) is 0 Å². The summed E-state index contributed by atoms with van der Waals surface area (Å²) in [5.41, 5.74) is 2.50. The topological polar surface area (TPSA) is 59.0 Å². The van der Waals surface area contributed by atoms with Gasteiger partial charge in [0.05, 0.1) is 13.2 Å². The summed E-state index contributed by atoms with van der Waals surface area (Å²) in [6.45, 7) is 4.65. The van der Waals surface area contributed by atoms with Crippen LogP contribution in [0.2, 0.25) is 0 Å². The van der Waals surface area contributed by atoms with Crippen molar-refractivity contribution in [2.24, 2.45) is 5.92 Å². The number of carboxylic acid groups (broad SMARTS) is 1. The number of likely N-dealkylation sites (tertiary alicyclic amines) is 1. The number of ether oxygens (including phenoxy) is 2. The Morgan fingerprint density at radius 1 is 1.03 bits per heavy atom. The third kappa shape index (κ3) is 6.85. The smallest absolute Gasteiger partial charge is 0.348 e. The SMILES string of the molecule is CC1CCN(C(OCCCOc2ccccc2CCc2ccccc2)C(=O)O)CC1. The van der Waals surface area contributed by atoms with Crippen molar-refractivity contribution < 1.29 is 19.4 Å². The minimum absolute atomic E-state index is 0.370. The lowest BCUT2D eigenvalue weighted by molar-refractivity contribution is -0.167. The fraction of sp³-hybridized carbons (Fsp3) is 0.480. The molecule has 0 aromatic heterocycles. The molecule has 0 saturated carbocycles. The first-order chi connectivity index (χ1) is 14.6. The normalized spacial score (nSPS) is 16.3. The quantitative estimate of drug-likeness (QED) is 0.556. The van der Waals surface area contributed by atoms with Crippen molar-refractivity contribution in [3.8, 4) is 5.75 Å². The summed E-state index contributed by atoms with van der Waals surface area (Å²) in [7, 11) is 0. The maximum absolute atomic E-state index is 11.6. The number of para-hydroxylation sites is 1.